The van der Waals surface area contributed by atoms with Crippen LogP contribution >= 0.6 is 0 Å². The van der Waals surface area contributed by atoms with Crippen LogP contribution in [0.5, 0.6) is 0 Å². The minimum Gasteiger partial charge on any atom is -0.341 e. The van der Waals surface area contributed by atoms with Crippen molar-refractivity contribution < 1.29 is 4.79 Å². The van der Waals surface area contributed by atoms with Gasteiger partial charge in [-0.1, -0.05) is 19.3 Å². The maximum atomic E-state index is 12.4. The molecule has 2 rings (SSSR count). The molecule has 5 heteroatoms. The Bertz CT molecular complexity index is 448. The van der Waals surface area contributed by atoms with Gasteiger partial charge in [0, 0.05) is 38.8 Å². The lowest BCUT2D eigenvalue weighted by Gasteiger charge is -2.36. The topological polar surface area (TPSA) is 64.2 Å². The van der Waals surface area contributed by atoms with Crippen LogP contribution in [0.25, 0.3) is 0 Å². The highest BCUT2D eigenvalue weighted by molar-refractivity contribution is 5.76. The Morgan fingerprint density at radius 2 is 2.15 bits per heavy atom. The van der Waals surface area contributed by atoms with Crippen molar-refractivity contribution in [3.63, 3.8) is 0 Å². The molecule has 0 saturated heterocycles. The highest BCUT2D eigenvalue weighted by atomic mass is 16.2. The van der Waals surface area contributed by atoms with Crippen LogP contribution in [0.4, 0.5) is 0 Å². The molecule has 1 saturated carbocycles. The van der Waals surface area contributed by atoms with Gasteiger partial charge in [-0.3, -0.25) is 9.48 Å². The molecule has 0 radical (unpaired) electrons. The van der Waals surface area contributed by atoms with Gasteiger partial charge in [0.25, 0.3) is 0 Å². The van der Waals surface area contributed by atoms with Gasteiger partial charge in [-0.15, -0.1) is 0 Å². The molecule has 0 bridgehead atoms. The van der Waals surface area contributed by atoms with Gasteiger partial charge in [-0.2, -0.15) is 5.10 Å². The van der Waals surface area contributed by atoms with E-state index in [4.69, 9.17) is 5.73 Å². The molecule has 0 spiro atoms. The second-order valence-corrected chi connectivity index (χ2v) is 6.21. The van der Waals surface area contributed by atoms with Gasteiger partial charge in [-0.05, 0) is 24.8 Å². The molecule has 0 atom stereocenters. The molecule has 1 aromatic rings. The first kappa shape index (κ1) is 15.0. The van der Waals surface area contributed by atoms with Crippen molar-refractivity contribution in [2.24, 2.45) is 18.2 Å². The molecule has 2 N–H and O–H groups in total. The molecule has 1 aromatic heterocycles. The van der Waals surface area contributed by atoms with E-state index in [0.29, 0.717) is 19.5 Å². The zero-order valence-electron chi connectivity index (χ0n) is 12.6. The lowest BCUT2D eigenvalue weighted by molar-refractivity contribution is -0.133. The number of rotatable bonds is 5. The molecule has 1 aliphatic rings. The van der Waals surface area contributed by atoms with Crippen LogP contribution in [0.2, 0.25) is 0 Å². The lowest BCUT2D eigenvalue weighted by Crippen LogP contribution is -2.39. The molecule has 1 heterocycles. The summed E-state index contributed by atoms with van der Waals surface area (Å²) in [5.41, 5.74) is 7.06. The lowest BCUT2D eigenvalue weighted by atomic mass is 9.71. The molecule has 1 amide bonds. The summed E-state index contributed by atoms with van der Waals surface area (Å²) in [6.07, 6.45) is 10.2. The fraction of sp³-hybridized carbons (Fsp3) is 0.733. The van der Waals surface area contributed by atoms with E-state index < -0.39 is 0 Å². The summed E-state index contributed by atoms with van der Waals surface area (Å²) in [4.78, 5) is 14.2. The van der Waals surface area contributed by atoms with Crippen LogP contribution in [-0.2, 0) is 18.4 Å². The Morgan fingerprint density at radius 1 is 1.45 bits per heavy atom. The number of hydrogen-bond donors (Lipinski definition) is 1. The second kappa shape index (κ2) is 6.39. The molecule has 0 aromatic carbocycles. The maximum Gasteiger partial charge on any atom is 0.223 e. The first-order valence-corrected chi connectivity index (χ1v) is 7.46. The van der Waals surface area contributed by atoms with Gasteiger partial charge in [0.05, 0.1) is 6.20 Å². The summed E-state index contributed by atoms with van der Waals surface area (Å²) in [5, 5.41) is 4.13. The van der Waals surface area contributed by atoms with Crippen molar-refractivity contribution in [2.75, 3.05) is 13.6 Å². The van der Waals surface area contributed by atoms with Gasteiger partial charge in [0.1, 0.15) is 0 Å². The molecule has 5 nitrogen and oxygen atoms in total. The number of nitrogens with two attached hydrogens (primary N) is 1. The SMILES string of the molecule is CN(Cc1cnn(C)c1)C(=O)CC1(CN)CCCCC1. The zero-order chi connectivity index (χ0) is 14.6. The van der Waals surface area contributed by atoms with Gasteiger partial charge >= 0.3 is 0 Å². The van der Waals surface area contributed by atoms with E-state index >= 15 is 0 Å². The molecular weight excluding hydrogens is 252 g/mol. The molecule has 0 aliphatic heterocycles. The molecule has 112 valence electrons. The second-order valence-electron chi connectivity index (χ2n) is 6.21. The van der Waals surface area contributed by atoms with Crippen molar-refractivity contribution in [3.05, 3.63) is 18.0 Å². The van der Waals surface area contributed by atoms with E-state index in [1.165, 1.54) is 19.3 Å². The third-order valence-electron chi connectivity index (χ3n) is 4.48. The molecule has 1 aliphatic carbocycles. The zero-order valence-corrected chi connectivity index (χ0v) is 12.6. The first-order valence-electron chi connectivity index (χ1n) is 7.46. The van der Waals surface area contributed by atoms with E-state index in [1.54, 1.807) is 9.58 Å². The smallest absolute Gasteiger partial charge is 0.223 e. The van der Waals surface area contributed by atoms with Gasteiger partial charge in [-0.25, -0.2) is 0 Å². The summed E-state index contributed by atoms with van der Waals surface area (Å²) in [6, 6.07) is 0. The van der Waals surface area contributed by atoms with Crippen molar-refractivity contribution >= 4 is 5.91 Å². The van der Waals surface area contributed by atoms with Gasteiger partial charge < -0.3 is 10.6 Å². The average Bonchev–Trinajstić information content (AvgIpc) is 2.85. The van der Waals surface area contributed by atoms with Crippen molar-refractivity contribution in [1.82, 2.24) is 14.7 Å². The number of nitrogens with zero attached hydrogens (tertiary/aromatic N) is 3. The average molecular weight is 278 g/mol. The number of aromatic nitrogens is 2. The van der Waals surface area contributed by atoms with Gasteiger partial charge in [0.15, 0.2) is 0 Å². The quantitative estimate of drug-likeness (QED) is 0.891. The monoisotopic (exact) mass is 278 g/mol. The van der Waals surface area contributed by atoms with E-state index in [0.717, 1.165) is 18.4 Å². The fourth-order valence-electron chi connectivity index (χ4n) is 3.13. The van der Waals surface area contributed by atoms with Crippen LogP contribution in [-0.4, -0.2) is 34.2 Å². The van der Waals surface area contributed by atoms with Crippen molar-refractivity contribution in [1.29, 1.82) is 0 Å². The summed E-state index contributed by atoms with van der Waals surface area (Å²) in [7, 11) is 3.75. The molecular formula is C15H26N4O. The number of aryl methyl sites for hydroxylation is 1. The first-order chi connectivity index (χ1) is 9.54. The minimum absolute atomic E-state index is 0.0402. The minimum atomic E-state index is 0.0402. The van der Waals surface area contributed by atoms with E-state index in [-0.39, 0.29) is 11.3 Å². The van der Waals surface area contributed by atoms with Crippen LogP contribution < -0.4 is 5.73 Å². The summed E-state index contributed by atoms with van der Waals surface area (Å²) in [6.45, 7) is 1.24. The van der Waals surface area contributed by atoms with Crippen LogP contribution in [0, 0.1) is 5.41 Å². The Balaban J connectivity index is 1.92. The molecule has 1 fully saturated rings. The maximum absolute atomic E-state index is 12.4. The van der Waals surface area contributed by atoms with Crippen LogP contribution in [0.15, 0.2) is 12.4 Å². The number of carbonyl (C=O) groups excluding carboxylic acids is 1. The largest absolute Gasteiger partial charge is 0.341 e. The van der Waals surface area contributed by atoms with Crippen LogP contribution in [0.3, 0.4) is 0 Å². The van der Waals surface area contributed by atoms with Gasteiger partial charge in [0.2, 0.25) is 5.91 Å². The number of hydrogen-bond acceptors (Lipinski definition) is 3. The summed E-state index contributed by atoms with van der Waals surface area (Å²) in [5.74, 6) is 0.196. The van der Waals surface area contributed by atoms with E-state index in [1.807, 2.05) is 26.5 Å². The predicted molar refractivity (Wildman–Crippen MR) is 78.9 cm³/mol. The molecule has 20 heavy (non-hydrogen) atoms. The van der Waals surface area contributed by atoms with Crippen molar-refractivity contribution in [3.8, 4) is 0 Å². The van der Waals surface area contributed by atoms with Crippen molar-refractivity contribution in [2.45, 2.75) is 45.1 Å². The fourth-order valence-corrected chi connectivity index (χ4v) is 3.13. The third-order valence-corrected chi connectivity index (χ3v) is 4.48. The normalized spacial score (nSPS) is 17.9. The number of amides is 1. The highest BCUT2D eigenvalue weighted by Crippen LogP contribution is 2.38. The Labute approximate surface area is 121 Å². The Kier molecular flexibility index (Phi) is 4.81. The molecule has 0 unspecified atom stereocenters. The summed E-state index contributed by atoms with van der Waals surface area (Å²) >= 11 is 0. The van der Waals surface area contributed by atoms with E-state index in [2.05, 4.69) is 5.10 Å². The third kappa shape index (κ3) is 3.60. The Morgan fingerprint density at radius 3 is 2.70 bits per heavy atom. The number of carbonyl (C=O) groups is 1. The predicted octanol–water partition coefficient (Wildman–Crippen LogP) is 1.68. The Hall–Kier alpha value is -1.36. The highest BCUT2D eigenvalue weighted by Gasteiger charge is 2.33. The van der Waals surface area contributed by atoms with E-state index in [9.17, 15) is 4.79 Å². The van der Waals surface area contributed by atoms with Crippen LogP contribution in [0.1, 0.15) is 44.1 Å². The standard InChI is InChI=1S/C15H26N4O/c1-18(10-13-9-17-19(2)11-13)14(20)8-15(12-16)6-4-3-5-7-15/h9,11H,3-8,10,12,16H2,1-2H3. The summed E-state index contributed by atoms with van der Waals surface area (Å²) < 4.78 is 1.76.